The summed E-state index contributed by atoms with van der Waals surface area (Å²) >= 11 is 11.9. The standard InChI is InChI=1S/C18H15Cl2N3O2/c1-11-16(17(24)21-14-9-12(19)8-13(20)10-14)18(25)23(22(11)2)15-6-4-3-5-7-15/h3-10H,1-2H3,(H,21,24). The molecule has 0 aliphatic rings. The van der Waals surface area contributed by atoms with Gasteiger partial charge in [0.15, 0.2) is 0 Å². The Morgan fingerprint density at radius 1 is 1.04 bits per heavy atom. The summed E-state index contributed by atoms with van der Waals surface area (Å²) in [5, 5.41) is 3.47. The summed E-state index contributed by atoms with van der Waals surface area (Å²) in [6.07, 6.45) is 0. The largest absolute Gasteiger partial charge is 0.322 e. The number of para-hydroxylation sites is 1. The van der Waals surface area contributed by atoms with Gasteiger partial charge in [0.25, 0.3) is 11.5 Å². The average Bonchev–Trinajstić information content (AvgIpc) is 2.77. The average molecular weight is 376 g/mol. The van der Waals surface area contributed by atoms with Crippen LogP contribution in [0.3, 0.4) is 0 Å². The molecule has 5 nitrogen and oxygen atoms in total. The highest BCUT2D eigenvalue weighted by Gasteiger charge is 2.22. The Bertz CT molecular complexity index is 987. The third-order valence-corrected chi connectivity index (χ3v) is 4.34. The van der Waals surface area contributed by atoms with Crippen molar-refractivity contribution in [3.63, 3.8) is 0 Å². The summed E-state index contributed by atoms with van der Waals surface area (Å²) in [5.74, 6) is -0.508. The molecule has 0 atom stereocenters. The second-order valence-corrected chi connectivity index (χ2v) is 6.42. The topological polar surface area (TPSA) is 56.0 Å². The van der Waals surface area contributed by atoms with Crippen LogP contribution >= 0.6 is 23.2 Å². The van der Waals surface area contributed by atoms with E-state index in [1.54, 1.807) is 49.0 Å². The van der Waals surface area contributed by atoms with Crippen LogP contribution in [-0.2, 0) is 7.05 Å². The molecule has 0 bridgehead atoms. The van der Waals surface area contributed by atoms with Crippen molar-refractivity contribution >= 4 is 34.8 Å². The minimum Gasteiger partial charge on any atom is -0.322 e. The lowest BCUT2D eigenvalue weighted by Crippen LogP contribution is -2.25. The molecule has 0 saturated heterocycles. The van der Waals surface area contributed by atoms with Crippen LogP contribution in [0.1, 0.15) is 16.1 Å². The van der Waals surface area contributed by atoms with Crippen molar-refractivity contribution in [1.29, 1.82) is 0 Å². The molecule has 0 spiro atoms. The smallest absolute Gasteiger partial charge is 0.284 e. The number of carbonyl (C=O) groups excluding carboxylic acids is 1. The molecule has 128 valence electrons. The van der Waals surface area contributed by atoms with E-state index in [1.165, 1.54) is 4.68 Å². The summed E-state index contributed by atoms with van der Waals surface area (Å²) in [7, 11) is 1.73. The van der Waals surface area contributed by atoms with E-state index in [0.717, 1.165) is 0 Å². The first-order chi connectivity index (χ1) is 11.9. The molecule has 0 aliphatic carbocycles. The van der Waals surface area contributed by atoms with E-state index in [2.05, 4.69) is 5.32 Å². The van der Waals surface area contributed by atoms with Crippen LogP contribution in [-0.4, -0.2) is 15.3 Å². The van der Waals surface area contributed by atoms with E-state index in [0.29, 0.717) is 27.1 Å². The molecule has 0 radical (unpaired) electrons. The van der Waals surface area contributed by atoms with Crippen LogP contribution in [0, 0.1) is 6.92 Å². The Morgan fingerprint density at radius 2 is 1.64 bits per heavy atom. The Balaban J connectivity index is 2.03. The van der Waals surface area contributed by atoms with E-state index in [9.17, 15) is 9.59 Å². The van der Waals surface area contributed by atoms with E-state index in [1.807, 2.05) is 18.2 Å². The molecule has 1 heterocycles. The molecule has 3 aromatic rings. The fourth-order valence-electron chi connectivity index (χ4n) is 2.65. The van der Waals surface area contributed by atoms with Crippen molar-refractivity contribution in [2.75, 3.05) is 5.32 Å². The first-order valence-electron chi connectivity index (χ1n) is 7.50. The molecular weight excluding hydrogens is 361 g/mol. The fourth-order valence-corrected chi connectivity index (χ4v) is 3.18. The highest BCUT2D eigenvalue weighted by molar-refractivity contribution is 6.35. The monoisotopic (exact) mass is 375 g/mol. The molecule has 0 unspecified atom stereocenters. The molecule has 0 fully saturated rings. The second-order valence-electron chi connectivity index (χ2n) is 5.55. The number of hydrogen-bond donors (Lipinski definition) is 1. The van der Waals surface area contributed by atoms with Gasteiger partial charge < -0.3 is 5.32 Å². The van der Waals surface area contributed by atoms with Gasteiger partial charge in [-0.1, -0.05) is 41.4 Å². The minimum atomic E-state index is -0.508. The lowest BCUT2D eigenvalue weighted by molar-refractivity contribution is 0.102. The highest BCUT2D eigenvalue weighted by Crippen LogP contribution is 2.23. The van der Waals surface area contributed by atoms with Gasteiger partial charge in [-0.3, -0.25) is 14.3 Å². The predicted molar refractivity (Wildman–Crippen MR) is 100 cm³/mol. The van der Waals surface area contributed by atoms with E-state index >= 15 is 0 Å². The first kappa shape index (κ1) is 17.3. The molecule has 7 heteroatoms. The number of aromatic nitrogens is 2. The Hall–Kier alpha value is -2.50. The number of nitrogens with one attached hydrogen (secondary N) is 1. The highest BCUT2D eigenvalue weighted by atomic mass is 35.5. The lowest BCUT2D eigenvalue weighted by atomic mass is 10.2. The van der Waals surface area contributed by atoms with Gasteiger partial charge in [0.05, 0.1) is 11.4 Å². The van der Waals surface area contributed by atoms with Gasteiger partial charge in [0.1, 0.15) is 5.56 Å². The third-order valence-electron chi connectivity index (χ3n) is 3.90. The number of halogens is 2. The number of rotatable bonds is 3. The maximum atomic E-state index is 12.8. The van der Waals surface area contributed by atoms with E-state index in [-0.39, 0.29) is 5.56 Å². The fraction of sp³-hybridized carbons (Fsp3) is 0.111. The quantitative estimate of drug-likeness (QED) is 0.750. The maximum absolute atomic E-state index is 12.8. The van der Waals surface area contributed by atoms with Gasteiger partial charge in [0, 0.05) is 22.8 Å². The summed E-state index contributed by atoms with van der Waals surface area (Å²) in [6, 6.07) is 13.8. The zero-order chi connectivity index (χ0) is 18.1. The summed E-state index contributed by atoms with van der Waals surface area (Å²) in [5.41, 5.74) is 1.35. The number of amides is 1. The van der Waals surface area contributed by atoms with Crippen LogP contribution in [0.2, 0.25) is 10.0 Å². The zero-order valence-electron chi connectivity index (χ0n) is 13.6. The molecule has 0 saturated carbocycles. The van der Waals surface area contributed by atoms with Crippen molar-refractivity contribution in [2.45, 2.75) is 6.92 Å². The maximum Gasteiger partial charge on any atom is 0.284 e. The van der Waals surface area contributed by atoms with Crippen LogP contribution in [0.4, 0.5) is 5.69 Å². The lowest BCUT2D eigenvalue weighted by Gasteiger charge is -2.07. The number of hydrogen-bond acceptors (Lipinski definition) is 2. The first-order valence-corrected chi connectivity index (χ1v) is 8.25. The van der Waals surface area contributed by atoms with Crippen molar-refractivity contribution in [1.82, 2.24) is 9.36 Å². The molecular formula is C18H15Cl2N3O2. The van der Waals surface area contributed by atoms with Crippen molar-refractivity contribution in [3.8, 4) is 5.69 Å². The molecule has 1 aromatic heterocycles. The molecule has 2 aromatic carbocycles. The van der Waals surface area contributed by atoms with Gasteiger partial charge in [-0.05, 0) is 37.3 Å². The van der Waals surface area contributed by atoms with Gasteiger partial charge in [-0.25, -0.2) is 4.68 Å². The number of nitrogens with zero attached hydrogens (tertiary/aromatic N) is 2. The minimum absolute atomic E-state index is 0.0717. The van der Waals surface area contributed by atoms with Gasteiger partial charge in [-0.2, -0.15) is 0 Å². The van der Waals surface area contributed by atoms with Crippen LogP contribution in [0.25, 0.3) is 5.69 Å². The summed E-state index contributed by atoms with van der Waals surface area (Å²) < 4.78 is 3.10. The Kier molecular flexibility index (Phi) is 4.70. The summed E-state index contributed by atoms with van der Waals surface area (Å²) in [4.78, 5) is 25.5. The van der Waals surface area contributed by atoms with Gasteiger partial charge >= 0.3 is 0 Å². The normalized spacial score (nSPS) is 10.7. The Morgan fingerprint density at radius 3 is 2.24 bits per heavy atom. The van der Waals surface area contributed by atoms with Gasteiger partial charge in [0.2, 0.25) is 0 Å². The molecule has 1 N–H and O–H groups in total. The van der Waals surface area contributed by atoms with Crippen molar-refractivity contribution < 1.29 is 4.79 Å². The second kappa shape index (κ2) is 6.78. The van der Waals surface area contributed by atoms with Crippen LogP contribution in [0.15, 0.2) is 53.3 Å². The summed E-state index contributed by atoms with van der Waals surface area (Å²) in [6.45, 7) is 1.72. The van der Waals surface area contributed by atoms with Crippen LogP contribution in [0.5, 0.6) is 0 Å². The van der Waals surface area contributed by atoms with Crippen LogP contribution < -0.4 is 10.9 Å². The number of carbonyl (C=O) groups is 1. The Labute approximate surface area is 154 Å². The molecule has 1 amide bonds. The zero-order valence-corrected chi connectivity index (χ0v) is 15.1. The third kappa shape index (κ3) is 3.34. The molecule has 3 rings (SSSR count). The number of anilines is 1. The SMILES string of the molecule is Cc1c(C(=O)Nc2cc(Cl)cc(Cl)c2)c(=O)n(-c2ccccc2)n1C. The molecule has 25 heavy (non-hydrogen) atoms. The van der Waals surface area contributed by atoms with E-state index in [4.69, 9.17) is 23.2 Å². The van der Waals surface area contributed by atoms with Crippen molar-refractivity contribution in [3.05, 3.63) is 80.2 Å². The molecule has 0 aliphatic heterocycles. The van der Waals surface area contributed by atoms with Gasteiger partial charge in [-0.15, -0.1) is 0 Å². The van der Waals surface area contributed by atoms with Crippen molar-refractivity contribution in [2.24, 2.45) is 7.05 Å². The van der Waals surface area contributed by atoms with E-state index < -0.39 is 11.5 Å². The predicted octanol–water partition coefficient (Wildman–Crippen LogP) is 4.04. The number of benzene rings is 2.